The summed E-state index contributed by atoms with van der Waals surface area (Å²) < 4.78 is 10.0. The number of aromatic nitrogens is 3. The number of nitrogens with zero attached hydrogens (tertiary/aromatic N) is 5. The molecule has 0 atom stereocenters. The molecule has 0 N–H and O–H groups in total. The second-order valence-electron chi connectivity index (χ2n) is 6.46. The zero-order chi connectivity index (χ0) is 16.5. The van der Waals surface area contributed by atoms with Crippen LogP contribution in [0.25, 0.3) is 11.1 Å². The fourth-order valence-corrected chi connectivity index (χ4v) is 3.90. The lowest BCUT2D eigenvalue weighted by atomic mass is 10.1. The van der Waals surface area contributed by atoms with Gasteiger partial charge in [-0.05, 0) is 29.6 Å². The highest BCUT2D eigenvalue weighted by atomic mass is 32.1. The van der Waals surface area contributed by atoms with E-state index in [1.807, 2.05) is 24.3 Å². The van der Waals surface area contributed by atoms with Crippen molar-refractivity contribution in [1.82, 2.24) is 19.5 Å². The number of oxazole rings is 1. The van der Waals surface area contributed by atoms with Crippen LogP contribution in [0.4, 0.5) is 6.01 Å². The summed E-state index contributed by atoms with van der Waals surface area (Å²) in [5.41, 5.74) is 2.92. The molecule has 24 heavy (non-hydrogen) atoms. The third-order valence-corrected chi connectivity index (χ3v) is 5.15. The zero-order valence-electron chi connectivity index (χ0n) is 14.0. The van der Waals surface area contributed by atoms with E-state index in [9.17, 15) is 0 Å². The maximum atomic E-state index is 5.88. The van der Waals surface area contributed by atoms with Crippen molar-refractivity contribution >= 4 is 28.6 Å². The molecule has 3 aromatic rings. The molecule has 0 unspecified atom stereocenters. The van der Waals surface area contributed by atoms with Crippen LogP contribution in [0, 0.1) is 0 Å². The Kier molecular flexibility index (Phi) is 4.20. The van der Waals surface area contributed by atoms with Crippen LogP contribution in [0.15, 0.2) is 28.7 Å². The Morgan fingerprint density at radius 2 is 1.96 bits per heavy atom. The Labute approximate surface area is 145 Å². The number of piperazine rings is 1. The van der Waals surface area contributed by atoms with E-state index in [1.54, 1.807) is 0 Å². The Hall–Kier alpha value is -1.99. The van der Waals surface area contributed by atoms with E-state index in [0.717, 1.165) is 55.5 Å². The van der Waals surface area contributed by atoms with Crippen molar-refractivity contribution in [1.29, 1.82) is 0 Å². The summed E-state index contributed by atoms with van der Waals surface area (Å²) in [6.07, 6.45) is 0. The number of benzene rings is 1. The van der Waals surface area contributed by atoms with Crippen LogP contribution in [-0.2, 0) is 6.54 Å². The van der Waals surface area contributed by atoms with Crippen LogP contribution in [0.1, 0.15) is 30.3 Å². The minimum atomic E-state index is 0.430. The van der Waals surface area contributed by atoms with Crippen LogP contribution in [0.2, 0.25) is 0 Å². The number of rotatable bonds is 4. The molecule has 1 aromatic carbocycles. The van der Waals surface area contributed by atoms with Gasteiger partial charge in [0.1, 0.15) is 5.52 Å². The summed E-state index contributed by atoms with van der Waals surface area (Å²) in [4.78, 5) is 10.6. The van der Waals surface area contributed by atoms with Gasteiger partial charge in [-0.3, -0.25) is 4.90 Å². The second-order valence-corrected chi connectivity index (χ2v) is 7.30. The fourth-order valence-electron chi connectivity index (χ4n) is 3.06. The first-order chi connectivity index (χ1) is 11.7. The van der Waals surface area contributed by atoms with Crippen molar-refractivity contribution in [2.75, 3.05) is 31.1 Å². The van der Waals surface area contributed by atoms with Gasteiger partial charge in [-0.2, -0.15) is 4.98 Å². The molecule has 4 rings (SSSR count). The summed E-state index contributed by atoms with van der Waals surface area (Å²) >= 11 is 1.52. The largest absolute Gasteiger partial charge is 0.423 e. The lowest BCUT2D eigenvalue weighted by Crippen LogP contribution is -2.46. The highest BCUT2D eigenvalue weighted by Gasteiger charge is 2.23. The molecule has 1 aliphatic rings. The number of anilines is 1. The SMILES string of the molecule is CC(C)c1nnsc1CN1CCN(c2nc3ccccc3o2)CC1. The van der Waals surface area contributed by atoms with Crippen molar-refractivity contribution in [2.24, 2.45) is 0 Å². The lowest BCUT2D eigenvalue weighted by Gasteiger charge is -2.33. The average molecular weight is 343 g/mol. The number of hydrogen-bond acceptors (Lipinski definition) is 7. The summed E-state index contributed by atoms with van der Waals surface area (Å²) in [5.74, 6) is 0.430. The Morgan fingerprint density at radius 1 is 1.17 bits per heavy atom. The van der Waals surface area contributed by atoms with Crippen molar-refractivity contribution in [3.05, 3.63) is 34.8 Å². The summed E-state index contributed by atoms with van der Waals surface area (Å²) in [6.45, 7) is 9.12. The van der Waals surface area contributed by atoms with E-state index >= 15 is 0 Å². The lowest BCUT2D eigenvalue weighted by molar-refractivity contribution is 0.246. The molecule has 1 saturated heterocycles. The number of fused-ring (bicyclic) bond motifs is 1. The quantitative estimate of drug-likeness (QED) is 0.725. The van der Waals surface area contributed by atoms with E-state index in [-0.39, 0.29) is 0 Å². The van der Waals surface area contributed by atoms with Crippen LogP contribution < -0.4 is 4.90 Å². The highest BCUT2D eigenvalue weighted by molar-refractivity contribution is 7.05. The molecule has 7 heteroatoms. The van der Waals surface area contributed by atoms with E-state index in [1.165, 1.54) is 16.4 Å². The van der Waals surface area contributed by atoms with Gasteiger partial charge in [-0.25, -0.2) is 0 Å². The standard InChI is InChI=1S/C17H21N5OS/c1-12(2)16-15(24-20-19-16)11-21-7-9-22(10-8-21)17-18-13-5-3-4-6-14(13)23-17/h3-6,12H,7-11H2,1-2H3. The van der Waals surface area contributed by atoms with E-state index in [2.05, 4.69) is 38.2 Å². The Bertz CT molecular complexity index is 786. The second kappa shape index (κ2) is 6.49. The molecule has 1 aliphatic heterocycles. The van der Waals surface area contributed by atoms with E-state index < -0.39 is 0 Å². The molecule has 2 aromatic heterocycles. The predicted octanol–water partition coefficient (Wildman–Crippen LogP) is 3.12. The van der Waals surface area contributed by atoms with Gasteiger partial charge < -0.3 is 9.32 Å². The van der Waals surface area contributed by atoms with Gasteiger partial charge in [0.2, 0.25) is 0 Å². The normalized spacial score (nSPS) is 16.4. The predicted molar refractivity (Wildman–Crippen MR) is 95.5 cm³/mol. The van der Waals surface area contributed by atoms with E-state index in [0.29, 0.717) is 5.92 Å². The first-order valence-corrected chi connectivity index (χ1v) is 9.12. The minimum Gasteiger partial charge on any atom is -0.423 e. The Morgan fingerprint density at radius 3 is 2.71 bits per heavy atom. The van der Waals surface area contributed by atoms with Crippen molar-refractivity contribution in [2.45, 2.75) is 26.3 Å². The first kappa shape index (κ1) is 15.5. The van der Waals surface area contributed by atoms with Gasteiger partial charge >= 0.3 is 0 Å². The van der Waals surface area contributed by atoms with Crippen LogP contribution in [-0.4, -0.2) is 45.6 Å². The smallest absolute Gasteiger partial charge is 0.298 e. The van der Waals surface area contributed by atoms with Gasteiger partial charge in [-0.15, -0.1) is 5.10 Å². The molecule has 0 aliphatic carbocycles. The van der Waals surface area contributed by atoms with Crippen LogP contribution in [0.3, 0.4) is 0 Å². The van der Waals surface area contributed by atoms with Crippen molar-refractivity contribution in [3.8, 4) is 0 Å². The first-order valence-electron chi connectivity index (χ1n) is 8.34. The molecule has 0 saturated carbocycles. The average Bonchev–Trinajstić information content (AvgIpc) is 3.22. The van der Waals surface area contributed by atoms with E-state index in [4.69, 9.17) is 4.42 Å². The minimum absolute atomic E-state index is 0.430. The number of hydrogen-bond donors (Lipinski definition) is 0. The molecule has 6 nitrogen and oxygen atoms in total. The third-order valence-electron chi connectivity index (χ3n) is 4.42. The summed E-state index contributed by atoms with van der Waals surface area (Å²) in [5, 5.41) is 4.27. The molecule has 0 amide bonds. The summed E-state index contributed by atoms with van der Waals surface area (Å²) in [7, 11) is 0. The van der Waals surface area contributed by atoms with Gasteiger partial charge in [0, 0.05) is 32.7 Å². The monoisotopic (exact) mass is 343 g/mol. The Balaban J connectivity index is 1.40. The topological polar surface area (TPSA) is 58.3 Å². The molecule has 0 spiro atoms. The molecule has 0 radical (unpaired) electrons. The van der Waals surface area contributed by atoms with Crippen molar-refractivity contribution < 1.29 is 4.42 Å². The highest BCUT2D eigenvalue weighted by Crippen LogP contribution is 2.24. The maximum absolute atomic E-state index is 5.88. The zero-order valence-corrected chi connectivity index (χ0v) is 14.8. The van der Waals surface area contributed by atoms with Crippen molar-refractivity contribution in [3.63, 3.8) is 0 Å². The number of para-hydroxylation sites is 2. The third kappa shape index (κ3) is 3.01. The molecular weight excluding hydrogens is 322 g/mol. The van der Waals surface area contributed by atoms with Crippen LogP contribution >= 0.6 is 11.5 Å². The van der Waals surface area contributed by atoms with Gasteiger partial charge in [0.05, 0.1) is 10.6 Å². The van der Waals surface area contributed by atoms with Gasteiger partial charge in [0.15, 0.2) is 5.58 Å². The molecule has 126 valence electrons. The molecule has 1 fully saturated rings. The van der Waals surface area contributed by atoms with Gasteiger partial charge in [0.25, 0.3) is 6.01 Å². The maximum Gasteiger partial charge on any atom is 0.298 e. The summed E-state index contributed by atoms with van der Waals surface area (Å²) in [6, 6.07) is 8.65. The molecule has 3 heterocycles. The molecule has 0 bridgehead atoms. The molecular formula is C17H21N5OS. The van der Waals surface area contributed by atoms with Crippen LogP contribution in [0.5, 0.6) is 0 Å². The fraction of sp³-hybridized carbons (Fsp3) is 0.471. The van der Waals surface area contributed by atoms with Gasteiger partial charge in [-0.1, -0.05) is 30.5 Å².